The number of aromatic nitrogens is 1. The van der Waals surface area contributed by atoms with Crippen molar-refractivity contribution < 1.29 is 9.18 Å². The number of rotatable bonds is 8. The summed E-state index contributed by atoms with van der Waals surface area (Å²) in [4.78, 5) is 21.9. The molecule has 0 bridgehead atoms. The smallest absolute Gasteiger partial charge is 0.233 e. The van der Waals surface area contributed by atoms with Crippen LogP contribution in [0, 0.1) is 12.7 Å². The highest BCUT2D eigenvalue weighted by molar-refractivity contribution is 7.22. The molecule has 0 aliphatic heterocycles. The number of carbonyl (C=O) groups is 1. The van der Waals surface area contributed by atoms with E-state index in [1.165, 1.54) is 23.5 Å². The summed E-state index contributed by atoms with van der Waals surface area (Å²) in [6.45, 7) is 9.31. The molecular weight excluding hydrogens is 444 g/mol. The van der Waals surface area contributed by atoms with Gasteiger partial charge in [0.25, 0.3) is 0 Å². The Hall–Kier alpha value is -1.73. The highest BCUT2D eigenvalue weighted by Gasteiger charge is 2.21. The van der Waals surface area contributed by atoms with Crippen molar-refractivity contribution in [3.8, 4) is 0 Å². The zero-order chi connectivity index (χ0) is 21.0. The van der Waals surface area contributed by atoms with Crippen LogP contribution in [-0.2, 0) is 11.2 Å². The first-order valence-electron chi connectivity index (χ1n) is 9.75. The quantitative estimate of drug-likeness (QED) is 0.422. The van der Waals surface area contributed by atoms with Crippen molar-refractivity contribution >= 4 is 56.6 Å². The third kappa shape index (κ3) is 5.70. The van der Waals surface area contributed by atoms with Crippen LogP contribution in [0.1, 0.15) is 25.0 Å². The predicted octanol–water partition coefficient (Wildman–Crippen LogP) is 5.74. The molecule has 30 heavy (non-hydrogen) atoms. The second-order valence-electron chi connectivity index (χ2n) is 6.89. The number of carbonyl (C=O) groups excluding carboxylic acids is 1. The van der Waals surface area contributed by atoms with Crippen LogP contribution in [0.2, 0.25) is 5.02 Å². The highest BCUT2D eigenvalue weighted by atomic mass is 35.5. The minimum atomic E-state index is -0.307. The molecule has 4 nitrogen and oxygen atoms in total. The summed E-state index contributed by atoms with van der Waals surface area (Å²) in [6.07, 6.45) is 0.203. The van der Waals surface area contributed by atoms with Gasteiger partial charge in [0.1, 0.15) is 5.82 Å². The first-order valence-corrected chi connectivity index (χ1v) is 10.9. The van der Waals surface area contributed by atoms with Crippen LogP contribution in [-0.4, -0.2) is 42.0 Å². The maximum atomic E-state index is 13.2. The lowest BCUT2D eigenvalue weighted by Gasteiger charge is -2.24. The van der Waals surface area contributed by atoms with E-state index in [-0.39, 0.29) is 30.6 Å². The normalized spacial score (nSPS) is 11.0. The number of amides is 1. The van der Waals surface area contributed by atoms with Crippen molar-refractivity contribution in [2.45, 2.75) is 27.2 Å². The van der Waals surface area contributed by atoms with E-state index in [0.717, 1.165) is 41.0 Å². The van der Waals surface area contributed by atoms with Gasteiger partial charge in [-0.05, 0) is 55.4 Å². The summed E-state index contributed by atoms with van der Waals surface area (Å²) in [7, 11) is 0. The van der Waals surface area contributed by atoms with Crippen molar-refractivity contribution in [1.82, 2.24) is 9.88 Å². The van der Waals surface area contributed by atoms with Gasteiger partial charge >= 0.3 is 0 Å². The molecule has 2 aromatic carbocycles. The molecule has 0 aliphatic carbocycles. The second-order valence-corrected chi connectivity index (χ2v) is 8.31. The molecule has 3 rings (SSSR count). The largest absolute Gasteiger partial charge is 0.302 e. The molecule has 3 aromatic rings. The Kier molecular flexibility index (Phi) is 9.04. The summed E-state index contributed by atoms with van der Waals surface area (Å²) in [5.74, 6) is -0.357. The highest BCUT2D eigenvalue weighted by Crippen LogP contribution is 2.33. The van der Waals surface area contributed by atoms with Crippen LogP contribution in [0.3, 0.4) is 0 Å². The molecule has 0 saturated heterocycles. The maximum Gasteiger partial charge on any atom is 0.233 e. The van der Waals surface area contributed by atoms with Gasteiger partial charge < -0.3 is 4.90 Å². The molecule has 8 heteroatoms. The fourth-order valence-electron chi connectivity index (χ4n) is 3.18. The number of halogens is 3. The summed E-state index contributed by atoms with van der Waals surface area (Å²) in [5.41, 5.74) is 2.53. The van der Waals surface area contributed by atoms with Gasteiger partial charge in [0, 0.05) is 18.1 Å². The van der Waals surface area contributed by atoms with Crippen LogP contribution in [0.15, 0.2) is 36.4 Å². The molecule has 0 N–H and O–H groups in total. The number of aryl methyl sites for hydroxylation is 1. The molecule has 1 heterocycles. The van der Waals surface area contributed by atoms with Crippen molar-refractivity contribution in [3.63, 3.8) is 0 Å². The monoisotopic (exact) mass is 469 g/mol. The van der Waals surface area contributed by atoms with Crippen LogP contribution in [0.25, 0.3) is 10.2 Å². The molecule has 1 aromatic heterocycles. The number of nitrogens with zero attached hydrogens (tertiary/aromatic N) is 3. The minimum absolute atomic E-state index is 0. The Bertz CT molecular complexity index is 990. The average molecular weight is 470 g/mol. The number of hydrogen-bond donors (Lipinski definition) is 0. The lowest BCUT2D eigenvalue weighted by Crippen LogP contribution is -2.39. The van der Waals surface area contributed by atoms with Gasteiger partial charge in [0.2, 0.25) is 5.91 Å². The fourth-order valence-corrected chi connectivity index (χ4v) is 4.41. The lowest BCUT2D eigenvalue weighted by molar-refractivity contribution is -0.118. The summed E-state index contributed by atoms with van der Waals surface area (Å²) in [6, 6.07) is 9.87. The van der Waals surface area contributed by atoms with Crippen LogP contribution >= 0.6 is 35.3 Å². The van der Waals surface area contributed by atoms with Gasteiger partial charge in [-0.2, -0.15) is 0 Å². The Morgan fingerprint density at radius 1 is 1.10 bits per heavy atom. The van der Waals surface area contributed by atoms with Gasteiger partial charge in [0.15, 0.2) is 5.13 Å². The van der Waals surface area contributed by atoms with Crippen molar-refractivity contribution in [3.05, 3.63) is 58.4 Å². The molecule has 0 fully saturated rings. The molecule has 0 unspecified atom stereocenters. The van der Waals surface area contributed by atoms with Crippen molar-refractivity contribution in [2.24, 2.45) is 0 Å². The average Bonchev–Trinajstić information content (AvgIpc) is 3.14. The maximum absolute atomic E-state index is 13.2. The molecular formula is C22H26Cl2FN3OS. The van der Waals surface area contributed by atoms with E-state index < -0.39 is 0 Å². The van der Waals surface area contributed by atoms with E-state index in [0.29, 0.717) is 16.7 Å². The molecule has 0 spiro atoms. The van der Waals surface area contributed by atoms with Gasteiger partial charge in [-0.3, -0.25) is 9.69 Å². The Balaban J connectivity index is 0.00000320. The molecule has 0 radical (unpaired) electrons. The van der Waals surface area contributed by atoms with E-state index >= 15 is 0 Å². The van der Waals surface area contributed by atoms with E-state index in [4.69, 9.17) is 16.6 Å². The number of anilines is 1. The molecule has 162 valence electrons. The third-order valence-corrected chi connectivity index (χ3v) is 6.52. The Morgan fingerprint density at radius 2 is 1.77 bits per heavy atom. The zero-order valence-corrected chi connectivity index (χ0v) is 19.7. The lowest BCUT2D eigenvalue weighted by atomic mass is 10.1. The van der Waals surface area contributed by atoms with Gasteiger partial charge in [-0.25, -0.2) is 9.37 Å². The van der Waals surface area contributed by atoms with Gasteiger partial charge in [0.05, 0.1) is 16.6 Å². The summed E-state index contributed by atoms with van der Waals surface area (Å²) >= 11 is 7.74. The first kappa shape index (κ1) is 24.5. The third-order valence-electron chi connectivity index (χ3n) is 5.07. The van der Waals surface area contributed by atoms with Gasteiger partial charge in [-0.1, -0.05) is 48.9 Å². The van der Waals surface area contributed by atoms with Gasteiger partial charge in [-0.15, -0.1) is 12.4 Å². The van der Waals surface area contributed by atoms with E-state index in [9.17, 15) is 9.18 Å². The van der Waals surface area contributed by atoms with Crippen LogP contribution in [0.5, 0.6) is 0 Å². The fraction of sp³-hybridized carbons (Fsp3) is 0.364. The van der Waals surface area contributed by atoms with Crippen molar-refractivity contribution in [1.29, 1.82) is 0 Å². The number of likely N-dealkylation sites (N-methyl/N-ethyl adjacent to an activating group) is 1. The van der Waals surface area contributed by atoms with Crippen molar-refractivity contribution in [2.75, 3.05) is 31.1 Å². The van der Waals surface area contributed by atoms with E-state index in [1.54, 1.807) is 17.0 Å². The summed E-state index contributed by atoms with van der Waals surface area (Å²) in [5, 5.41) is 1.34. The zero-order valence-electron chi connectivity index (χ0n) is 17.3. The predicted molar refractivity (Wildman–Crippen MR) is 127 cm³/mol. The standard InChI is InChI=1S/C22H25ClFN3OS.ClH/c1-4-26(5-2)12-13-27(20(28)14-16-6-8-17(24)9-7-16)22-25-21-15(3)18(23)10-11-19(21)29-22;/h6-11H,4-5,12-14H2,1-3H3;1H. The minimum Gasteiger partial charge on any atom is -0.302 e. The number of thiazole rings is 1. The molecule has 1 amide bonds. The number of hydrogen-bond acceptors (Lipinski definition) is 4. The Labute approximate surface area is 192 Å². The van der Waals surface area contributed by atoms with Crippen LogP contribution < -0.4 is 4.90 Å². The number of fused-ring (bicyclic) bond motifs is 1. The topological polar surface area (TPSA) is 36.4 Å². The SMILES string of the molecule is CCN(CC)CCN(C(=O)Cc1ccc(F)cc1)c1nc2c(C)c(Cl)ccc2s1.Cl. The number of benzene rings is 2. The second kappa shape index (κ2) is 11.0. The Morgan fingerprint density at radius 3 is 2.40 bits per heavy atom. The van der Waals surface area contributed by atoms with E-state index in [1.807, 2.05) is 19.1 Å². The molecule has 0 atom stereocenters. The van der Waals surface area contributed by atoms with Crippen LogP contribution in [0.4, 0.5) is 9.52 Å². The van der Waals surface area contributed by atoms with E-state index in [2.05, 4.69) is 18.7 Å². The summed E-state index contributed by atoms with van der Waals surface area (Å²) < 4.78 is 14.2. The molecule has 0 aliphatic rings. The molecule has 0 saturated carbocycles. The first-order chi connectivity index (χ1) is 13.9.